The van der Waals surface area contributed by atoms with Gasteiger partial charge in [0.05, 0.1) is 0 Å². The van der Waals surface area contributed by atoms with Gasteiger partial charge >= 0.3 is 0 Å². The summed E-state index contributed by atoms with van der Waals surface area (Å²) in [5.74, 6) is 0.367. The van der Waals surface area contributed by atoms with Gasteiger partial charge in [0.2, 0.25) is 5.91 Å². The van der Waals surface area contributed by atoms with E-state index in [1.54, 1.807) is 19.0 Å². The van der Waals surface area contributed by atoms with Crippen LogP contribution in [0.15, 0.2) is 24.3 Å². The molecule has 1 aliphatic carbocycles. The van der Waals surface area contributed by atoms with Crippen LogP contribution in [0.25, 0.3) is 0 Å². The second kappa shape index (κ2) is 7.53. The van der Waals surface area contributed by atoms with Crippen molar-refractivity contribution in [2.75, 3.05) is 27.2 Å². The Morgan fingerprint density at radius 1 is 1.21 bits per heavy atom. The maximum absolute atomic E-state index is 12.3. The van der Waals surface area contributed by atoms with Gasteiger partial charge in [-0.05, 0) is 55.5 Å². The third-order valence-electron chi connectivity index (χ3n) is 5.18. The van der Waals surface area contributed by atoms with Crippen LogP contribution in [0.2, 0.25) is 0 Å². The van der Waals surface area contributed by atoms with Gasteiger partial charge in [-0.1, -0.05) is 12.1 Å². The topological polar surface area (TPSA) is 61.4 Å². The molecule has 0 aromatic heterocycles. The molecule has 1 aromatic rings. The van der Waals surface area contributed by atoms with Crippen LogP contribution in [0.1, 0.15) is 35.2 Å². The molecule has 132 valence electrons. The molecule has 1 atom stereocenters. The molecule has 1 spiro atoms. The minimum Gasteiger partial charge on any atom is -0.352 e. The number of carbonyl (C=O) groups excluding carboxylic acids is 2. The van der Waals surface area contributed by atoms with Crippen molar-refractivity contribution in [2.45, 2.75) is 25.8 Å². The first-order valence-electron chi connectivity index (χ1n) is 8.31. The molecule has 2 amide bonds. The highest BCUT2D eigenvalue weighted by Gasteiger charge is 2.57. The summed E-state index contributed by atoms with van der Waals surface area (Å²) in [6.45, 7) is 2.59. The zero-order valence-corrected chi connectivity index (χ0v) is 15.1. The molecule has 2 N–H and O–H groups in total. The average molecular weight is 352 g/mol. The van der Waals surface area contributed by atoms with E-state index >= 15 is 0 Å². The predicted molar refractivity (Wildman–Crippen MR) is 96.2 cm³/mol. The number of benzene rings is 1. The van der Waals surface area contributed by atoms with Crippen molar-refractivity contribution in [2.24, 2.45) is 11.3 Å². The molecule has 24 heavy (non-hydrogen) atoms. The largest absolute Gasteiger partial charge is 0.352 e. The van der Waals surface area contributed by atoms with Crippen molar-refractivity contribution in [1.82, 2.24) is 15.5 Å². The monoisotopic (exact) mass is 351 g/mol. The lowest BCUT2D eigenvalue weighted by molar-refractivity contribution is -0.123. The highest BCUT2D eigenvalue weighted by molar-refractivity contribution is 5.93. The third kappa shape index (κ3) is 3.90. The summed E-state index contributed by atoms with van der Waals surface area (Å²) in [7, 11) is 3.48. The molecule has 1 unspecified atom stereocenters. The Morgan fingerprint density at radius 2 is 1.83 bits per heavy atom. The number of halogens is 1. The highest BCUT2D eigenvalue weighted by Crippen LogP contribution is 2.58. The Kier molecular flexibility index (Phi) is 5.88. The van der Waals surface area contributed by atoms with Crippen molar-refractivity contribution >= 4 is 24.2 Å². The van der Waals surface area contributed by atoms with Crippen LogP contribution in [-0.2, 0) is 11.3 Å². The Hall–Kier alpha value is -1.59. The van der Waals surface area contributed by atoms with Gasteiger partial charge in [-0.3, -0.25) is 9.59 Å². The molecule has 1 aliphatic heterocycles. The van der Waals surface area contributed by atoms with Crippen LogP contribution in [0.4, 0.5) is 0 Å². The van der Waals surface area contributed by atoms with Gasteiger partial charge < -0.3 is 15.5 Å². The number of nitrogens with zero attached hydrogens (tertiary/aromatic N) is 1. The molecular weight excluding hydrogens is 326 g/mol. The summed E-state index contributed by atoms with van der Waals surface area (Å²) < 4.78 is 0. The van der Waals surface area contributed by atoms with Crippen LogP contribution in [0.3, 0.4) is 0 Å². The van der Waals surface area contributed by atoms with Crippen LogP contribution in [0.5, 0.6) is 0 Å². The fourth-order valence-electron chi connectivity index (χ4n) is 3.53. The van der Waals surface area contributed by atoms with Gasteiger partial charge in [-0.2, -0.15) is 0 Å². The van der Waals surface area contributed by atoms with E-state index in [9.17, 15) is 9.59 Å². The number of amides is 2. The average Bonchev–Trinajstić information content (AvgIpc) is 3.26. The Bertz CT molecular complexity index is 595. The maximum atomic E-state index is 12.3. The quantitative estimate of drug-likeness (QED) is 0.869. The fourth-order valence-corrected chi connectivity index (χ4v) is 3.53. The fraction of sp³-hybridized carbons (Fsp3) is 0.556. The maximum Gasteiger partial charge on any atom is 0.253 e. The highest BCUT2D eigenvalue weighted by atomic mass is 35.5. The zero-order valence-electron chi connectivity index (χ0n) is 14.3. The van der Waals surface area contributed by atoms with Gasteiger partial charge in [0.25, 0.3) is 5.91 Å². The van der Waals surface area contributed by atoms with Crippen molar-refractivity contribution < 1.29 is 9.59 Å². The molecule has 1 heterocycles. The van der Waals surface area contributed by atoms with Crippen LogP contribution in [-0.4, -0.2) is 43.9 Å². The second-order valence-electron chi connectivity index (χ2n) is 6.98. The van der Waals surface area contributed by atoms with Crippen molar-refractivity contribution in [3.63, 3.8) is 0 Å². The first-order valence-corrected chi connectivity index (χ1v) is 8.31. The summed E-state index contributed by atoms with van der Waals surface area (Å²) in [6, 6.07) is 7.44. The van der Waals surface area contributed by atoms with E-state index < -0.39 is 0 Å². The molecule has 0 radical (unpaired) electrons. The van der Waals surface area contributed by atoms with Gasteiger partial charge in [-0.15, -0.1) is 12.4 Å². The minimum atomic E-state index is -0.00795. The number of carbonyl (C=O) groups is 2. The molecule has 1 aromatic carbocycles. The second-order valence-corrected chi connectivity index (χ2v) is 6.98. The number of hydrogen-bond donors (Lipinski definition) is 2. The van der Waals surface area contributed by atoms with Gasteiger partial charge in [0, 0.05) is 32.1 Å². The summed E-state index contributed by atoms with van der Waals surface area (Å²) in [4.78, 5) is 25.7. The first kappa shape index (κ1) is 18.7. The van der Waals surface area contributed by atoms with E-state index in [0.717, 1.165) is 37.9 Å². The van der Waals surface area contributed by atoms with E-state index in [0.29, 0.717) is 12.1 Å². The standard InChI is InChI=1S/C18H25N3O2.ClH/c1-21(2)17(23)14-5-3-13(4-6-14)12-20-16(22)15-11-18(15)7-9-19-10-8-18;/h3-6,15,19H,7-12H2,1-2H3,(H,20,22);1H. The molecular formula is C18H26ClN3O2. The van der Waals surface area contributed by atoms with Crippen LogP contribution >= 0.6 is 12.4 Å². The number of piperidine rings is 1. The summed E-state index contributed by atoms with van der Waals surface area (Å²) in [6.07, 6.45) is 3.27. The van der Waals surface area contributed by atoms with E-state index in [1.807, 2.05) is 24.3 Å². The third-order valence-corrected chi connectivity index (χ3v) is 5.18. The lowest BCUT2D eigenvalue weighted by Gasteiger charge is -2.23. The van der Waals surface area contributed by atoms with E-state index in [4.69, 9.17) is 0 Å². The van der Waals surface area contributed by atoms with Gasteiger partial charge in [0.15, 0.2) is 0 Å². The molecule has 5 nitrogen and oxygen atoms in total. The summed E-state index contributed by atoms with van der Waals surface area (Å²) >= 11 is 0. The summed E-state index contributed by atoms with van der Waals surface area (Å²) in [5, 5.41) is 6.41. The predicted octanol–water partition coefficient (Wildman–Crippen LogP) is 1.82. The molecule has 6 heteroatoms. The van der Waals surface area contributed by atoms with Crippen molar-refractivity contribution in [3.8, 4) is 0 Å². The zero-order chi connectivity index (χ0) is 16.4. The van der Waals surface area contributed by atoms with Crippen molar-refractivity contribution in [1.29, 1.82) is 0 Å². The molecule has 2 aliphatic rings. The molecule has 2 fully saturated rings. The van der Waals surface area contributed by atoms with E-state index in [1.165, 1.54) is 0 Å². The Balaban J connectivity index is 0.00000208. The van der Waals surface area contributed by atoms with Crippen LogP contribution in [0, 0.1) is 11.3 Å². The van der Waals surface area contributed by atoms with E-state index in [-0.39, 0.29) is 35.6 Å². The number of hydrogen-bond acceptors (Lipinski definition) is 3. The SMILES string of the molecule is CN(C)C(=O)c1ccc(CNC(=O)C2CC23CCNCC3)cc1.Cl. The first-order chi connectivity index (χ1) is 11.0. The van der Waals surface area contributed by atoms with E-state index in [2.05, 4.69) is 10.6 Å². The lowest BCUT2D eigenvalue weighted by atomic mass is 9.92. The molecule has 1 saturated carbocycles. The Labute approximate surface area is 149 Å². The van der Waals surface area contributed by atoms with Crippen LogP contribution < -0.4 is 10.6 Å². The molecule has 1 saturated heterocycles. The minimum absolute atomic E-state index is 0. The summed E-state index contributed by atoms with van der Waals surface area (Å²) in [5.41, 5.74) is 1.96. The smallest absolute Gasteiger partial charge is 0.253 e. The lowest BCUT2D eigenvalue weighted by Crippen LogP contribution is -2.33. The molecule has 0 bridgehead atoms. The number of rotatable bonds is 4. The normalized spacial score (nSPS) is 20.8. The number of nitrogens with one attached hydrogen (secondary N) is 2. The van der Waals surface area contributed by atoms with Crippen molar-refractivity contribution in [3.05, 3.63) is 35.4 Å². The Morgan fingerprint density at radius 3 is 2.42 bits per heavy atom. The van der Waals surface area contributed by atoms with Gasteiger partial charge in [0.1, 0.15) is 0 Å². The van der Waals surface area contributed by atoms with Gasteiger partial charge in [-0.25, -0.2) is 0 Å². The molecule has 3 rings (SSSR count).